The van der Waals surface area contributed by atoms with E-state index < -0.39 is 15.8 Å². The summed E-state index contributed by atoms with van der Waals surface area (Å²) < 4.78 is 43.6. The maximum atomic E-state index is 13.5. The number of carbonyl (C=O) groups is 1. The molecule has 2 rings (SSSR count). The van der Waals surface area contributed by atoms with Crippen molar-refractivity contribution in [3.05, 3.63) is 29.6 Å². The van der Waals surface area contributed by atoms with Gasteiger partial charge < -0.3 is 9.64 Å². The second-order valence-electron chi connectivity index (χ2n) is 5.61. The van der Waals surface area contributed by atoms with Crippen molar-refractivity contribution in [1.82, 2.24) is 9.62 Å². The van der Waals surface area contributed by atoms with Crippen LogP contribution in [0.4, 0.5) is 4.39 Å². The first-order valence-electron chi connectivity index (χ1n) is 7.41. The number of halogens is 1. The van der Waals surface area contributed by atoms with Gasteiger partial charge in [-0.15, -0.1) is 0 Å². The SMILES string of the molecule is COc1ccc(F)cc1C(=O)N1CCCCC1CNS(C)(=O)=O. The smallest absolute Gasteiger partial charge is 0.258 e. The molecule has 128 valence electrons. The van der Waals surface area contributed by atoms with Gasteiger partial charge in [0, 0.05) is 19.1 Å². The minimum absolute atomic E-state index is 0.152. The van der Waals surface area contributed by atoms with Crippen LogP contribution in [-0.2, 0) is 10.0 Å². The Balaban J connectivity index is 2.23. The largest absolute Gasteiger partial charge is 0.496 e. The molecule has 8 heteroatoms. The second-order valence-corrected chi connectivity index (χ2v) is 7.45. The summed E-state index contributed by atoms with van der Waals surface area (Å²) in [5.41, 5.74) is 0.152. The average Bonchev–Trinajstić information content (AvgIpc) is 2.52. The van der Waals surface area contributed by atoms with Crippen LogP contribution in [-0.4, -0.2) is 51.7 Å². The summed E-state index contributed by atoms with van der Waals surface area (Å²) in [6.07, 6.45) is 3.53. The molecule has 0 bridgehead atoms. The molecule has 1 fully saturated rings. The summed E-state index contributed by atoms with van der Waals surface area (Å²) in [6, 6.07) is 3.54. The predicted molar refractivity (Wildman–Crippen MR) is 84.5 cm³/mol. The molecule has 0 aliphatic carbocycles. The van der Waals surface area contributed by atoms with Crippen molar-refractivity contribution >= 4 is 15.9 Å². The zero-order chi connectivity index (χ0) is 17.0. The molecule has 23 heavy (non-hydrogen) atoms. The molecule has 1 aromatic rings. The fraction of sp³-hybridized carbons (Fsp3) is 0.533. The Hall–Kier alpha value is -1.67. The summed E-state index contributed by atoms with van der Waals surface area (Å²) in [7, 11) is -1.91. The van der Waals surface area contributed by atoms with Crippen LogP contribution in [0.3, 0.4) is 0 Å². The van der Waals surface area contributed by atoms with E-state index >= 15 is 0 Å². The van der Waals surface area contributed by atoms with Gasteiger partial charge in [-0.05, 0) is 37.5 Å². The van der Waals surface area contributed by atoms with Crippen molar-refractivity contribution in [3.63, 3.8) is 0 Å². The van der Waals surface area contributed by atoms with Gasteiger partial charge in [0.25, 0.3) is 5.91 Å². The Morgan fingerprint density at radius 3 is 2.83 bits per heavy atom. The molecule has 1 heterocycles. The minimum atomic E-state index is -3.33. The fourth-order valence-electron chi connectivity index (χ4n) is 2.73. The Labute approximate surface area is 135 Å². The number of piperidine rings is 1. The first-order valence-corrected chi connectivity index (χ1v) is 9.30. The summed E-state index contributed by atoms with van der Waals surface area (Å²) in [5, 5.41) is 0. The number of sulfonamides is 1. The van der Waals surface area contributed by atoms with Crippen molar-refractivity contribution in [2.45, 2.75) is 25.3 Å². The van der Waals surface area contributed by atoms with E-state index in [0.29, 0.717) is 18.7 Å². The molecule has 1 unspecified atom stereocenters. The van der Waals surface area contributed by atoms with E-state index in [1.807, 2.05) is 0 Å². The Bertz CT molecular complexity index is 678. The summed E-state index contributed by atoms with van der Waals surface area (Å²) in [6.45, 7) is 0.664. The average molecular weight is 344 g/mol. The van der Waals surface area contributed by atoms with Crippen molar-refractivity contribution in [3.8, 4) is 5.75 Å². The van der Waals surface area contributed by atoms with E-state index in [1.54, 1.807) is 4.90 Å². The van der Waals surface area contributed by atoms with Gasteiger partial charge in [0.15, 0.2) is 0 Å². The molecule has 0 aromatic heterocycles. The van der Waals surface area contributed by atoms with Crippen LogP contribution in [0.5, 0.6) is 5.75 Å². The lowest BCUT2D eigenvalue weighted by molar-refractivity contribution is 0.0615. The van der Waals surface area contributed by atoms with Gasteiger partial charge in [0.1, 0.15) is 11.6 Å². The molecule has 1 saturated heterocycles. The molecule has 1 aliphatic rings. The number of amides is 1. The number of hydrogen-bond acceptors (Lipinski definition) is 4. The highest BCUT2D eigenvalue weighted by molar-refractivity contribution is 7.88. The lowest BCUT2D eigenvalue weighted by Crippen LogP contribution is -2.49. The monoisotopic (exact) mass is 344 g/mol. The summed E-state index contributed by atoms with van der Waals surface area (Å²) in [4.78, 5) is 14.4. The molecule has 1 aromatic carbocycles. The van der Waals surface area contributed by atoms with Crippen molar-refractivity contribution < 1.29 is 22.3 Å². The van der Waals surface area contributed by atoms with Crippen LogP contribution in [0.25, 0.3) is 0 Å². The van der Waals surface area contributed by atoms with Gasteiger partial charge in [0.2, 0.25) is 10.0 Å². The molecule has 1 N–H and O–H groups in total. The van der Waals surface area contributed by atoms with E-state index in [1.165, 1.54) is 19.2 Å². The number of nitrogens with zero attached hydrogens (tertiary/aromatic N) is 1. The quantitative estimate of drug-likeness (QED) is 0.875. The summed E-state index contributed by atoms with van der Waals surface area (Å²) in [5.74, 6) is -0.560. The van der Waals surface area contributed by atoms with Crippen LogP contribution in [0.15, 0.2) is 18.2 Å². The lowest BCUT2D eigenvalue weighted by Gasteiger charge is -2.36. The molecule has 0 spiro atoms. The Morgan fingerprint density at radius 1 is 1.43 bits per heavy atom. The third-order valence-corrected chi connectivity index (χ3v) is 4.55. The number of nitrogens with one attached hydrogen (secondary N) is 1. The number of methoxy groups -OCH3 is 1. The molecular weight excluding hydrogens is 323 g/mol. The maximum absolute atomic E-state index is 13.5. The normalized spacial score (nSPS) is 18.7. The highest BCUT2D eigenvalue weighted by atomic mass is 32.2. The van der Waals surface area contributed by atoms with Crippen molar-refractivity contribution in [1.29, 1.82) is 0 Å². The highest BCUT2D eigenvalue weighted by Crippen LogP contribution is 2.25. The third kappa shape index (κ3) is 4.65. The number of carbonyl (C=O) groups excluding carboxylic acids is 1. The van der Waals surface area contributed by atoms with E-state index in [4.69, 9.17) is 4.74 Å². The molecular formula is C15H21FN2O4S. The minimum Gasteiger partial charge on any atom is -0.496 e. The van der Waals surface area contributed by atoms with Gasteiger partial charge in [-0.2, -0.15) is 0 Å². The van der Waals surface area contributed by atoms with E-state index in [0.717, 1.165) is 25.2 Å². The van der Waals surface area contributed by atoms with Crippen molar-refractivity contribution in [2.75, 3.05) is 26.5 Å². The summed E-state index contributed by atoms with van der Waals surface area (Å²) >= 11 is 0. The first-order chi connectivity index (χ1) is 10.8. The van der Waals surface area contributed by atoms with Crippen LogP contribution < -0.4 is 9.46 Å². The Morgan fingerprint density at radius 2 is 2.17 bits per heavy atom. The Kier molecular flexibility index (Phi) is 5.59. The molecule has 1 aliphatic heterocycles. The first kappa shape index (κ1) is 17.7. The molecule has 1 atom stereocenters. The highest BCUT2D eigenvalue weighted by Gasteiger charge is 2.29. The standard InChI is InChI=1S/C15H21FN2O4S/c1-22-14-7-6-11(16)9-13(14)15(19)18-8-4-3-5-12(18)10-17-23(2,20)21/h6-7,9,12,17H,3-5,8,10H2,1-2H3. The number of rotatable bonds is 5. The molecule has 1 amide bonds. The predicted octanol–water partition coefficient (Wildman–Crippen LogP) is 1.38. The van der Waals surface area contributed by atoms with Crippen LogP contribution in [0, 0.1) is 5.82 Å². The van der Waals surface area contributed by atoms with Crippen LogP contribution >= 0.6 is 0 Å². The lowest BCUT2D eigenvalue weighted by atomic mass is 10.0. The van der Waals surface area contributed by atoms with Gasteiger partial charge in [-0.25, -0.2) is 17.5 Å². The number of likely N-dealkylation sites (tertiary alicyclic amines) is 1. The second kappa shape index (κ2) is 7.27. The number of benzene rings is 1. The zero-order valence-corrected chi connectivity index (χ0v) is 14.0. The van der Waals surface area contributed by atoms with Gasteiger partial charge in [-0.1, -0.05) is 0 Å². The van der Waals surface area contributed by atoms with E-state index in [-0.39, 0.29) is 24.1 Å². The van der Waals surface area contributed by atoms with E-state index in [2.05, 4.69) is 4.72 Å². The third-order valence-electron chi connectivity index (χ3n) is 3.86. The molecule has 6 nitrogen and oxygen atoms in total. The topological polar surface area (TPSA) is 75.7 Å². The van der Waals surface area contributed by atoms with Crippen LogP contribution in [0.1, 0.15) is 29.6 Å². The number of hydrogen-bond donors (Lipinski definition) is 1. The van der Waals surface area contributed by atoms with E-state index in [9.17, 15) is 17.6 Å². The fourth-order valence-corrected chi connectivity index (χ4v) is 3.22. The van der Waals surface area contributed by atoms with Gasteiger partial charge >= 0.3 is 0 Å². The van der Waals surface area contributed by atoms with Gasteiger partial charge in [-0.3, -0.25) is 4.79 Å². The van der Waals surface area contributed by atoms with Crippen molar-refractivity contribution in [2.24, 2.45) is 0 Å². The zero-order valence-electron chi connectivity index (χ0n) is 13.2. The number of ether oxygens (including phenoxy) is 1. The van der Waals surface area contributed by atoms with Crippen LogP contribution in [0.2, 0.25) is 0 Å². The maximum Gasteiger partial charge on any atom is 0.258 e. The van der Waals surface area contributed by atoms with Gasteiger partial charge in [0.05, 0.1) is 18.9 Å². The molecule has 0 saturated carbocycles. The molecule has 0 radical (unpaired) electrons.